The van der Waals surface area contributed by atoms with E-state index >= 15 is 0 Å². The molecule has 0 radical (unpaired) electrons. The number of halogens is 2. The van der Waals surface area contributed by atoms with E-state index in [1.807, 2.05) is 0 Å². The van der Waals surface area contributed by atoms with E-state index in [-0.39, 0.29) is 11.1 Å². The summed E-state index contributed by atoms with van der Waals surface area (Å²) in [5.41, 5.74) is 0.0741. The minimum Gasteiger partial charge on any atom is -0.362 e. The fraction of sp³-hybridized carbons (Fsp3) is 1.00. The van der Waals surface area contributed by atoms with Gasteiger partial charge in [-0.15, -0.1) is 0 Å². The molecular formula is C6H10Cl2O2. The summed E-state index contributed by atoms with van der Waals surface area (Å²) in [4.78, 5) is 0. The number of hydrogen-bond acceptors (Lipinski definition) is 2. The zero-order valence-corrected chi connectivity index (χ0v) is 7.07. The first-order valence-corrected chi connectivity index (χ1v) is 4.17. The Morgan fingerprint density at radius 3 is 1.10 bits per heavy atom. The van der Waals surface area contributed by atoms with Gasteiger partial charge in [0.1, 0.15) is 11.1 Å². The summed E-state index contributed by atoms with van der Waals surface area (Å²) in [5, 5.41) is 0. The topological polar surface area (TPSA) is 18.5 Å². The van der Waals surface area contributed by atoms with Crippen LogP contribution in [0.3, 0.4) is 0 Å². The van der Waals surface area contributed by atoms with Gasteiger partial charge in [0.25, 0.3) is 0 Å². The third-order valence-corrected chi connectivity index (χ3v) is 1.98. The lowest BCUT2D eigenvalue weighted by Gasteiger charge is -2.18. The maximum atomic E-state index is 5.33. The minimum atomic E-state index is 0.0370. The van der Waals surface area contributed by atoms with Crippen LogP contribution in [0.5, 0.6) is 0 Å². The molecule has 2 aliphatic rings. The van der Waals surface area contributed by atoms with Crippen molar-refractivity contribution in [3.8, 4) is 0 Å². The van der Waals surface area contributed by atoms with Crippen molar-refractivity contribution in [2.45, 2.75) is 24.0 Å². The monoisotopic (exact) mass is 184 g/mol. The number of rotatable bonds is 0. The fourth-order valence-corrected chi connectivity index (χ4v) is 0.770. The van der Waals surface area contributed by atoms with Crippen molar-refractivity contribution in [1.82, 2.24) is 0 Å². The van der Waals surface area contributed by atoms with E-state index in [4.69, 9.17) is 32.7 Å². The van der Waals surface area contributed by atoms with Crippen molar-refractivity contribution < 1.29 is 9.47 Å². The highest BCUT2D eigenvalue weighted by molar-refractivity contribution is 6.20. The molecule has 2 saturated heterocycles. The highest BCUT2D eigenvalue weighted by Crippen LogP contribution is 2.13. The van der Waals surface area contributed by atoms with Crippen LogP contribution in [-0.2, 0) is 9.47 Å². The Morgan fingerprint density at radius 2 is 1.10 bits per heavy atom. The zero-order valence-electron chi connectivity index (χ0n) is 5.56. The quantitative estimate of drug-likeness (QED) is 0.537. The van der Waals surface area contributed by atoms with Gasteiger partial charge < -0.3 is 9.47 Å². The Kier molecular flexibility index (Phi) is 3.78. The first-order chi connectivity index (χ1) is 4.79. The predicted octanol–water partition coefficient (Wildman–Crippen LogP) is 1.94. The van der Waals surface area contributed by atoms with E-state index in [2.05, 4.69) is 0 Å². The van der Waals surface area contributed by atoms with Gasteiger partial charge in [0.15, 0.2) is 0 Å². The van der Waals surface area contributed by atoms with Gasteiger partial charge in [0.05, 0.1) is 13.2 Å². The van der Waals surface area contributed by atoms with Gasteiger partial charge in [0.2, 0.25) is 0 Å². The lowest BCUT2D eigenvalue weighted by molar-refractivity contribution is 0.00432. The van der Waals surface area contributed by atoms with E-state index in [1.165, 1.54) is 0 Å². The molecule has 2 fully saturated rings. The van der Waals surface area contributed by atoms with Gasteiger partial charge in [-0.05, 0) is 0 Å². The molecule has 2 aliphatic heterocycles. The summed E-state index contributed by atoms with van der Waals surface area (Å²) >= 11 is 10.7. The zero-order chi connectivity index (χ0) is 7.40. The van der Waals surface area contributed by atoms with Crippen LogP contribution in [0.25, 0.3) is 0 Å². The molecule has 0 aromatic carbocycles. The molecule has 0 aromatic heterocycles. The summed E-state index contributed by atoms with van der Waals surface area (Å²) in [6.07, 6.45) is 2.06. The molecule has 4 heteroatoms. The van der Waals surface area contributed by atoms with Crippen LogP contribution in [0.1, 0.15) is 12.8 Å². The molecule has 2 rings (SSSR count). The van der Waals surface area contributed by atoms with Gasteiger partial charge in [-0.1, -0.05) is 23.2 Å². The second-order valence-electron chi connectivity index (χ2n) is 2.14. The molecule has 2 atom stereocenters. The Bertz CT molecular complexity index is 79.7. The molecule has 2 nitrogen and oxygen atoms in total. The highest BCUT2D eigenvalue weighted by atomic mass is 35.5. The third kappa shape index (κ3) is 3.06. The fourth-order valence-electron chi connectivity index (χ4n) is 0.414. The van der Waals surface area contributed by atoms with Gasteiger partial charge >= 0.3 is 0 Å². The molecule has 60 valence electrons. The molecule has 0 saturated carbocycles. The first-order valence-electron chi connectivity index (χ1n) is 3.30. The number of hydrogen-bond donors (Lipinski definition) is 0. The molecule has 0 aliphatic carbocycles. The molecule has 0 amide bonds. The van der Waals surface area contributed by atoms with Crippen LogP contribution in [0, 0.1) is 0 Å². The maximum Gasteiger partial charge on any atom is 0.133 e. The average molecular weight is 185 g/mol. The van der Waals surface area contributed by atoms with Crippen molar-refractivity contribution in [3.63, 3.8) is 0 Å². The Balaban J connectivity index is 0.0000001000. The molecule has 0 spiro atoms. The van der Waals surface area contributed by atoms with Crippen molar-refractivity contribution in [2.75, 3.05) is 13.2 Å². The van der Waals surface area contributed by atoms with Gasteiger partial charge in [-0.3, -0.25) is 0 Å². The molecule has 0 unspecified atom stereocenters. The molecule has 10 heavy (non-hydrogen) atoms. The van der Waals surface area contributed by atoms with Crippen molar-refractivity contribution in [3.05, 3.63) is 0 Å². The van der Waals surface area contributed by atoms with Crippen LogP contribution >= 0.6 is 23.2 Å². The van der Waals surface area contributed by atoms with E-state index in [0.29, 0.717) is 0 Å². The largest absolute Gasteiger partial charge is 0.362 e. The Hall–Kier alpha value is 0.500. The van der Waals surface area contributed by atoms with Gasteiger partial charge in [-0.2, -0.15) is 0 Å². The Morgan fingerprint density at radius 1 is 0.900 bits per heavy atom. The van der Waals surface area contributed by atoms with Crippen LogP contribution < -0.4 is 0 Å². The lowest BCUT2D eigenvalue weighted by Crippen LogP contribution is -2.19. The van der Waals surface area contributed by atoms with Gasteiger partial charge in [-0.25, -0.2) is 0 Å². The normalized spacial score (nSPS) is 36.6. The average Bonchev–Trinajstić information content (AvgIpc) is 1.80. The molecule has 2 heterocycles. The summed E-state index contributed by atoms with van der Waals surface area (Å²) in [7, 11) is 0. The molecule has 0 N–H and O–H groups in total. The smallest absolute Gasteiger partial charge is 0.133 e. The van der Waals surface area contributed by atoms with E-state index in [0.717, 1.165) is 26.1 Å². The summed E-state index contributed by atoms with van der Waals surface area (Å²) in [6, 6.07) is 0. The van der Waals surface area contributed by atoms with Crippen LogP contribution in [-0.4, -0.2) is 24.3 Å². The van der Waals surface area contributed by atoms with Crippen LogP contribution in [0.15, 0.2) is 0 Å². The Labute approximate surface area is 70.4 Å². The predicted molar refractivity (Wildman–Crippen MR) is 40.4 cm³/mol. The first kappa shape index (κ1) is 8.60. The lowest BCUT2D eigenvalue weighted by atomic mass is 10.4. The maximum absolute atomic E-state index is 5.33. The van der Waals surface area contributed by atoms with Crippen molar-refractivity contribution in [1.29, 1.82) is 0 Å². The number of alkyl halides is 2. The number of ether oxygens (including phenoxy) is 2. The third-order valence-electron chi connectivity index (χ3n) is 1.29. The molecular weight excluding hydrogens is 175 g/mol. The second kappa shape index (κ2) is 4.39. The summed E-state index contributed by atoms with van der Waals surface area (Å²) < 4.78 is 9.39. The van der Waals surface area contributed by atoms with Crippen LogP contribution in [0.4, 0.5) is 0 Å². The summed E-state index contributed by atoms with van der Waals surface area (Å²) in [6.45, 7) is 1.71. The van der Waals surface area contributed by atoms with Crippen LogP contribution in [0.2, 0.25) is 0 Å². The summed E-state index contributed by atoms with van der Waals surface area (Å²) in [5.74, 6) is 0. The molecule has 0 aromatic rings. The van der Waals surface area contributed by atoms with E-state index < -0.39 is 0 Å². The van der Waals surface area contributed by atoms with E-state index in [9.17, 15) is 0 Å². The molecule has 0 bridgehead atoms. The SMILES string of the molecule is Cl[C@@H]1CCO1.Cl[C@H]1CCO1. The van der Waals surface area contributed by atoms with Crippen molar-refractivity contribution >= 4 is 23.2 Å². The van der Waals surface area contributed by atoms with E-state index in [1.54, 1.807) is 0 Å². The van der Waals surface area contributed by atoms with Gasteiger partial charge in [0, 0.05) is 12.8 Å². The standard InChI is InChI=1S/2C3H5ClO/c2*4-3-1-2-5-3/h2*3H,1-2H2/t2*3-/m10/s1. The highest BCUT2D eigenvalue weighted by Gasteiger charge is 2.12. The minimum absolute atomic E-state index is 0.0370. The second-order valence-corrected chi connectivity index (χ2v) is 3.11. The van der Waals surface area contributed by atoms with Crippen molar-refractivity contribution in [2.24, 2.45) is 0 Å².